The zero-order valence-corrected chi connectivity index (χ0v) is 12.4. The lowest BCUT2D eigenvalue weighted by Crippen LogP contribution is -2.32. The fourth-order valence-electron chi connectivity index (χ4n) is 2.29. The molecule has 1 heterocycles. The van der Waals surface area contributed by atoms with Gasteiger partial charge in [0.2, 0.25) is 5.91 Å². The van der Waals surface area contributed by atoms with E-state index in [2.05, 4.69) is 15.9 Å². The van der Waals surface area contributed by atoms with E-state index in [1.807, 2.05) is 0 Å². The van der Waals surface area contributed by atoms with Crippen molar-refractivity contribution < 1.29 is 14.7 Å². The first-order valence-electron chi connectivity index (χ1n) is 5.88. The molecule has 2 unspecified atom stereocenters. The van der Waals surface area contributed by atoms with Gasteiger partial charge in [-0.1, -0.05) is 45.7 Å². The molecule has 0 aliphatic carbocycles. The van der Waals surface area contributed by atoms with Crippen LogP contribution in [0.25, 0.3) is 0 Å². The minimum Gasteiger partial charge on any atom is -0.481 e. The maximum atomic E-state index is 12.0. The lowest BCUT2D eigenvalue weighted by atomic mass is 10.0. The molecule has 0 bridgehead atoms. The smallest absolute Gasteiger partial charge is 0.305 e. The summed E-state index contributed by atoms with van der Waals surface area (Å²) in [4.78, 5) is 24.7. The van der Waals surface area contributed by atoms with Crippen LogP contribution in [0, 0.1) is 0 Å². The first-order chi connectivity index (χ1) is 8.99. The number of aliphatic carboxylic acids is 1. The lowest BCUT2D eigenvalue weighted by Gasteiger charge is -2.27. The number of nitrogens with zero attached hydrogens (tertiary/aromatic N) is 1. The van der Waals surface area contributed by atoms with Gasteiger partial charge in [-0.2, -0.15) is 0 Å². The summed E-state index contributed by atoms with van der Waals surface area (Å²) >= 11 is 9.52. The van der Waals surface area contributed by atoms with Crippen LogP contribution in [0.2, 0.25) is 5.02 Å². The Bertz CT molecular complexity index is 508. The quantitative estimate of drug-likeness (QED) is 0.853. The summed E-state index contributed by atoms with van der Waals surface area (Å²) in [6.07, 6.45) is 0.246. The summed E-state index contributed by atoms with van der Waals surface area (Å²) in [5, 5.41) is 9.54. The Hall–Kier alpha value is -1.07. The van der Waals surface area contributed by atoms with Gasteiger partial charge in [0, 0.05) is 22.8 Å². The van der Waals surface area contributed by atoms with Crippen LogP contribution in [0.1, 0.15) is 24.4 Å². The third kappa shape index (κ3) is 3.28. The van der Waals surface area contributed by atoms with Gasteiger partial charge in [-0.05, 0) is 11.6 Å². The topological polar surface area (TPSA) is 57.6 Å². The van der Waals surface area contributed by atoms with Crippen molar-refractivity contribution in [2.75, 3.05) is 6.54 Å². The number of amides is 1. The normalized spacial score (nSPS) is 20.6. The number of benzene rings is 1. The van der Waals surface area contributed by atoms with Crippen LogP contribution in [0.3, 0.4) is 0 Å². The number of halogens is 2. The molecule has 1 aromatic rings. The van der Waals surface area contributed by atoms with Crippen molar-refractivity contribution in [2.24, 2.45) is 0 Å². The molecule has 4 nitrogen and oxygen atoms in total. The molecule has 2 atom stereocenters. The highest BCUT2D eigenvalue weighted by Crippen LogP contribution is 2.34. The van der Waals surface area contributed by atoms with Gasteiger partial charge in [0.15, 0.2) is 0 Å². The van der Waals surface area contributed by atoms with Gasteiger partial charge < -0.3 is 10.0 Å². The Morgan fingerprint density at radius 2 is 2.21 bits per heavy atom. The monoisotopic (exact) mass is 345 g/mol. The van der Waals surface area contributed by atoms with Crippen molar-refractivity contribution in [2.45, 2.75) is 23.7 Å². The molecule has 0 radical (unpaired) electrons. The third-order valence-corrected chi connectivity index (χ3v) is 4.08. The number of hydrogen-bond acceptors (Lipinski definition) is 2. The Kier molecular flexibility index (Phi) is 4.47. The molecule has 1 aliphatic heterocycles. The summed E-state index contributed by atoms with van der Waals surface area (Å²) in [6, 6.07) is 6.54. The highest BCUT2D eigenvalue weighted by atomic mass is 79.9. The van der Waals surface area contributed by atoms with Gasteiger partial charge >= 0.3 is 5.97 Å². The highest BCUT2D eigenvalue weighted by molar-refractivity contribution is 9.09. The van der Waals surface area contributed by atoms with Gasteiger partial charge in [-0.25, -0.2) is 0 Å². The largest absolute Gasteiger partial charge is 0.481 e. The van der Waals surface area contributed by atoms with Crippen LogP contribution in [0.4, 0.5) is 0 Å². The van der Waals surface area contributed by atoms with E-state index in [0.717, 1.165) is 0 Å². The third-order valence-electron chi connectivity index (χ3n) is 3.12. The van der Waals surface area contributed by atoms with Crippen LogP contribution < -0.4 is 0 Å². The van der Waals surface area contributed by atoms with Gasteiger partial charge in [-0.3, -0.25) is 9.59 Å². The average Bonchev–Trinajstić information content (AvgIpc) is 2.66. The number of carbonyl (C=O) groups is 2. The zero-order valence-electron chi connectivity index (χ0n) is 10.1. The summed E-state index contributed by atoms with van der Waals surface area (Å²) < 4.78 is 0. The molecule has 19 heavy (non-hydrogen) atoms. The van der Waals surface area contributed by atoms with E-state index in [4.69, 9.17) is 16.7 Å². The SMILES string of the molecule is O=C(O)CC(c1ccccc1Cl)N1CC(Br)CC1=O. The van der Waals surface area contributed by atoms with Crippen LogP contribution in [0.5, 0.6) is 0 Å². The Balaban J connectivity index is 2.34. The molecule has 0 aromatic heterocycles. The molecule has 1 N–H and O–H groups in total. The lowest BCUT2D eigenvalue weighted by molar-refractivity contribution is -0.139. The fourth-order valence-corrected chi connectivity index (χ4v) is 3.14. The average molecular weight is 347 g/mol. The number of alkyl halides is 1. The standard InChI is InChI=1S/C13H13BrClNO3/c14-8-5-12(17)16(7-8)11(6-13(18)19)9-3-1-2-4-10(9)15/h1-4,8,11H,5-7H2,(H,18,19). The summed E-state index contributed by atoms with van der Waals surface area (Å²) in [6.45, 7) is 0.502. The molecule has 1 aliphatic rings. The van der Waals surface area contributed by atoms with Crippen LogP contribution in [-0.4, -0.2) is 33.3 Å². The fraction of sp³-hybridized carbons (Fsp3) is 0.385. The summed E-state index contributed by atoms with van der Waals surface area (Å²) in [5.74, 6) is -0.996. The van der Waals surface area contributed by atoms with Crippen LogP contribution >= 0.6 is 27.5 Å². The first-order valence-corrected chi connectivity index (χ1v) is 7.18. The van der Waals surface area contributed by atoms with E-state index in [0.29, 0.717) is 23.6 Å². The van der Waals surface area contributed by atoms with E-state index >= 15 is 0 Å². The molecule has 6 heteroatoms. The van der Waals surface area contributed by atoms with E-state index in [1.54, 1.807) is 29.2 Å². The predicted octanol–water partition coefficient (Wildman–Crippen LogP) is 2.85. The second kappa shape index (κ2) is 5.92. The van der Waals surface area contributed by atoms with E-state index in [9.17, 15) is 9.59 Å². The highest BCUT2D eigenvalue weighted by Gasteiger charge is 2.35. The van der Waals surface area contributed by atoms with E-state index in [1.165, 1.54) is 0 Å². The molecule has 1 fully saturated rings. The Morgan fingerprint density at radius 1 is 1.53 bits per heavy atom. The Labute approximate surface area is 124 Å². The molecule has 0 saturated carbocycles. The van der Waals surface area contributed by atoms with E-state index in [-0.39, 0.29) is 17.2 Å². The van der Waals surface area contributed by atoms with Crippen molar-refractivity contribution >= 4 is 39.4 Å². The van der Waals surface area contributed by atoms with Crippen molar-refractivity contribution in [3.63, 3.8) is 0 Å². The number of rotatable bonds is 4. The number of carboxylic acids is 1. The van der Waals surface area contributed by atoms with Gasteiger partial charge in [0.25, 0.3) is 0 Å². The molecular formula is C13H13BrClNO3. The van der Waals surface area contributed by atoms with Crippen molar-refractivity contribution in [1.29, 1.82) is 0 Å². The molecule has 102 valence electrons. The molecule has 1 aromatic carbocycles. The minimum atomic E-state index is -0.948. The first kappa shape index (κ1) is 14.3. The van der Waals surface area contributed by atoms with E-state index < -0.39 is 12.0 Å². The molecular weight excluding hydrogens is 334 g/mol. The Morgan fingerprint density at radius 3 is 2.74 bits per heavy atom. The number of carbonyl (C=O) groups excluding carboxylic acids is 1. The maximum Gasteiger partial charge on any atom is 0.305 e. The number of carboxylic acid groups (broad SMARTS) is 1. The van der Waals surface area contributed by atoms with Gasteiger partial charge in [-0.15, -0.1) is 0 Å². The predicted molar refractivity (Wildman–Crippen MR) is 75.5 cm³/mol. The number of hydrogen-bond donors (Lipinski definition) is 1. The van der Waals surface area contributed by atoms with Crippen molar-refractivity contribution in [3.8, 4) is 0 Å². The molecule has 0 spiro atoms. The zero-order chi connectivity index (χ0) is 14.0. The molecule has 1 amide bonds. The number of likely N-dealkylation sites (tertiary alicyclic amines) is 1. The second-order valence-electron chi connectivity index (χ2n) is 4.48. The molecule has 2 rings (SSSR count). The summed E-state index contributed by atoms with van der Waals surface area (Å²) in [7, 11) is 0. The van der Waals surface area contributed by atoms with Crippen LogP contribution in [0.15, 0.2) is 24.3 Å². The van der Waals surface area contributed by atoms with Crippen molar-refractivity contribution in [1.82, 2.24) is 4.90 Å². The van der Waals surface area contributed by atoms with Gasteiger partial charge in [0.05, 0.1) is 12.5 Å². The molecule has 1 saturated heterocycles. The maximum absolute atomic E-state index is 12.0. The summed E-state index contributed by atoms with van der Waals surface area (Å²) in [5.41, 5.74) is 0.682. The van der Waals surface area contributed by atoms with Crippen molar-refractivity contribution in [3.05, 3.63) is 34.9 Å². The minimum absolute atomic E-state index is 0.0481. The second-order valence-corrected chi connectivity index (χ2v) is 6.18. The van der Waals surface area contributed by atoms with Crippen LogP contribution in [-0.2, 0) is 9.59 Å². The van der Waals surface area contributed by atoms with Gasteiger partial charge in [0.1, 0.15) is 0 Å².